The average molecular weight is 263 g/mol. The standard InChI is InChI=1S/C12H11ClN4O/c1-17-11(15)9(6-14)16-12(17)7-3-4-10(18-2)8(13)5-7/h3-5H,15H2,1-2H3. The fourth-order valence-corrected chi connectivity index (χ4v) is 1.91. The highest BCUT2D eigenvalue weighted by molar-refractivity contribution is 6.32. The van der Waals surface area contributed by atoms with Gasteiger partial charge in [-0.15, -0.1) is 0 Å². The number of nitrogens with two attached hydrogens (primary N) is 1. The molecule has 0 atom stereocenters. The average Bonchev–Trinajstić information content (AvgIpc) is 2.66. The highest BCUT2D eigenvalue weighted by atomic mass is 35.5. The number of nitrogen functional groups attached to an aromatic ring is 1. The van der Waals surface area contributed by atoms with Crippen LogP contribution in [0.5, 0.6) is 5.75 Å². The molecule has 0 saturated heterocycles. The molecular formula is C12H11ClN4O. The number of rotatable bonds is 2. The van der Waals surface area contributed by atoms with Crippen LogP contribution in [0.4, 0.5) is 5.82 Å². The Hall–Kier alpha value is -2.19. The molecule has 0 aliphatic rings. The predicted octanol–water partition coefficient (Wildman–Crippen LogP) is 2.20. The summed E-state index contributed by atoms with van der Waals surface area (Å²) < 4.78 is 6.73. The molecule has 6 heteroatoms. The summed E-state index contributed by atoms with van der Waals surface area (Å²) in [6, 6.07) is 7.23. The maximum atomic E-state index is 8.89. The van der Waals surface area contributed by atoms with Crippen molar-refractivity contribution in [2.45, 2.75) is 0 Å². The lowest BCUT2D eigenvalue weighted by Gasteiger charge is -2.06. The number of aromatic nitrogens is 2. The Labute approximate surface area is 109 Å². The van der Waals surface area contributed by atoms with E-state index in [1.165, 1.54) is 0 Å². The topological polar surface area (TPSA) is 76.9 Å². The van der Waals surface area contributed by atoms with Crippen molar-refractivity contribution in [2.24, 2.45) is 7.05 Å². The van der Waals surface area contributed by atoms with Gasteiger partial charge < -0.3 is 15.0 Å². The van der Waals surface area contributed by atoms with Gasteiger partial charge in [0.1, 0.15) is 23.5 Å². The van der Waals surface area contributed by atoms with Crippen molar-refractivity contribution < 1.29 is 4.74 Å². The number of imidazole rings is 1. The molecule has 0 aliphatic carbocycles. The Kier molecular flexibility index (Phi) is 3.13. The molecule has 5 nitrogen and oxygen atoms in total. The zero-order valence-corrected chi connectivity index (χ0v) is 10.7. The fourth-order valence-electron chi connectivity index (χ4n) is 1.66. The Morgan fingerprint density at radius 3 is 2.72 bits per heavy atom. The zero-order valence-electron chi connectivity index (χ0n) is 9.94. The summed E-state index contributed by atoms with van der Waals surface area (Å²) in [5.41, 5.74) is 6.75. The van der Waals surface area contributed by atoms with Crippen LogP contribution in [0.25, 0.3) is 11.4 Å². The van der Waals surface area contributed by atoms with Crippen LogP contribution in [0, 0.1) is 11.3 Å². The maximum Gasteiger partial charge on any atom is 0.183 e. The van der Waals surface area contributed by atoms with Gasteiger partial charge in [-0.05, 0) is 18.2 Å². The second-order valence-electron chi connectivity index (χ2n) is 3.69. The number of methoxy groups -OCH3 is 1. The molecule has 0 fully saturated rings. The largest absolute Gasteiger partial charge is 0.495 e. The molecule has 1 aromatic heterocycles. The van der Waals surface area contributed by atoms with E-state index >= 15 is 0 Å². The van der Waals surface area contributed by atoms with Crippen LogP contribution in [-0.2, 0) is 7.05 Å². The number of nitriles is 1. The minimum Gasteiger partial charge on any atom is -0.495 e. The minimum absolute atomic E-state index is 0.208. The zero-order chi connectivity index (χ0) is 13.3. The molecule has 0 saturated carbocycles. The van der Waals surface area contributed by atoms with Crippen LogP contribution in [0.15, 0.2) is 18.2 Å². The number of ether oxygens (including phenoxy) is 1. The first-order chi connectivity index (χ1) is 8.58. The summed E-state index contributed by atoms with van der Waals surface area (Å²) in [5, 5.41) is 9.37. The van der Waals surface area contributed by atoms with Gasteiger partial charge in [0.2, 0.25) is 0 Å². The summed E-state index contributed by atoms with van der Waals surface area (Å²) in [4.78, 5) is 4.17. The van der Waals surface area contributed by atoms with Gasteiger partial charge >= 0.3 is 0 Å². The lowest BCUT2D eigenvalue weighted by atomic mass is 10.2. The number of hydrogen-bond donors (Lipinski definition) is 1. The lowest BCUT2D eigenvalue weighted by Crippen LogP contribution is -1.99. The minimum atomic E-state index is 0.208. The van der Waals surface area contributed by atoms with Crippen molar-refractivity contribution in [1.29, 1.82) is 5.26 Å². The first kappa shape index (κ1) is 12.3. The van der Waals surface area contributed by atoms with Crippen molar-refractivity contribution in [2.75, 3.05) is 12.8 Å². The smallest absolute Gasteiger partial charge is 0.183 e. The molecule has 0 unspecified atom stereocenters. The van der Waals surface area contributed by atoms with Crippen LogP contribution in [0.3, 0.4) is 0 Å². The molecule has 2 N–H and O–H groups in total. The Morgan fingerprint density at radius 1 is 1.50 bits per heavy atom. The van der Waals surface area contributed by atoms with E-state index in [1.54, 1.807) is 30.9 Å². The van der Waals surface area contributed by atoms with Crippen molar-refractivity contribution in [1.82, 2.24) is 9.55 Å². The molecule has 0 bridgehead atoms. The highest BCUT2D eigenvalue weighted by Gasteiger charge is 2.14. The summed E-state index contributed by atoms with van der Waals surface area (Å²) in [5.74, 6) is 1.51. The third-order valence-electron chi connectivity index (χ3n) is 2.66. The molecule has 18 heavy (non-hydrogen) atoms. The normalized spacial score (nSPS) is 10.1. The van der Waals surface area contributed by atoms with Crippen molar-refractivity contribution in [3.05, 3.63) is 28.9 Å². The lowest BCUT2D eigenvalue weighted by molar-refractivity contribution is 0.415. The predicted molar refractivity (Wildman–Crippen MR) is 69.3 cm³/mol. The van der Waals surface area contributed by atoms with Crippen molar-refractivity contribution >= 4 is 17.4 Å². The molecular weight excluding hydrogens is 252 g/mol. The van der Waals surface area contributed by atoms with Gasteiger partial charge in [-0.2, -0.15) is 5.26 Å². The molecule has 0 aliphatic heterocycles. The highest BCUT2D eigenvalue weighted by Crippen LogP contribution is 2.30. The molecule has 1 aromatic carbocycles. The Bertz CT molecular complexity index is 642. The van der Waals surface area contributed by atoms with Crippen LogP contribution in [0.2, 0.25) is 5.02 Å². The quantitative estimate of drug-likeness (QED) is 0.900. The number of halogens is 1. The van der Waals surface area contributed by atoms with Crippen LogP contribution in [-0.4, -0.2) is 16.7 Å². The molecule has 2 rings (SSSR count). The van der Waals surface area contributed by atoms with Gasteiger partial charge in [0.15, 0.2) is 5.69 Å². The van der Waals surface area contributed by atoms with Gasteiger partial charge in [0.25, 0.3) is 0 Å². The summed E-state index contributed by atoms with van der Waals surface area (Å²) in [6.45, 7) is 0. The third kappa shape index (κ3) is 1.87. The summed E-state index contributed by atoms with van der Waals surface area (Å²) in [7, 11) is 3.30. The van der Waals surface area contributed by atoms with Gasteiger partial charge in [-0.25, -0.2) is 4.98 Å². The second-order valence-corrected chi connectivity index (χ2v) is 4.10. The van der Waals surface area contributed by atoms with E-state index in [9.17, 15) is 0 Å². The molecule has 0 radical (unpaired) electrons. The monoisotopic (exact) mass is 262 g/mol. The van der Waals surface area contributed by atoms with E-state index in [-0.39, 0.29) is 5.69 Å². The van der Waals surface area contributed by atoms with E-state index in [0.717, 1.165) is 5.56 Å². The molecule has 92 valence electrons. The fraction of sp³-hybridized carbons (Fsp3) is 0.167. The van der Waals surface area contributed by atoms with Crippen molar-refractivity contribution in [3.63, 3.8) is 0 Å². The molecule has 0 amide bonds. The number of benzene rings is 1. The summed E-state index contributed by atoms with van der Waals surface area (Å²) >= 11 is 6.05. The molecule has 2 aromatic rings. The van der Waals surface area contributed by atoms with Gasteiger partial charge in [0, 0.05) is 12.6 Å². The van der Waals surface area contributed by atoms with E-state index in [1.807, 2.05) is 12.1 Å². The Morgan fingerprint density at radius 2 is 2.22 bits per heavy atom. The van der Waals surface area contributed by atoms with E-state index < -0.39 is 0 Å². The van der Waals surface area contributed by atoms with E-state index in [4.69, 9.17) is 27.3 Å². The van der Waals surface area contributed by atoms with Gasteiger partial charge in [-0.1, -0.05) is 11.6 Å². The van der Waals surface area contributed by atoms with Gasteiger partial charge in [-0.3, -0.25) is 0 Å². The van der Waals surface area contributed by atoms with E-state index in [2.05, 4.69) is 4.98 Å². The first-order valence-corrected chi connectivity index (χ1v) is 5.52. The third-order valence-corrected chi connectivity index (χ3v) is 2.95. The van der Waals surface area contributed by atoms with Crippen LogP contribution in [0.1, 0.15) is 5.69 Å². The SMILES string of the molecule is COc1ccc(-c2nc(C#N)c(N)n2C)cc1Cl. The molecule has 0 spiro atoms. The maximum absolute atomic E-state index is 8.89. The first-order valence-electron chi connectivity index (χ1n) is 5.14. The van der Waals surface area contributed by atoms with Crippen LogP contribution >= 0.6 is 11.6 Å². The number of nitrogens with zero attached hydrogens (tertiary/aromatic N) is 3. The van der Waals surface area contributed by atoms with Crippen molar-refractivity contribution in [3.8, 4) is 23.2 Å². The van der Waals surface area contributed by atoms with Gasteiger partial charge in [0.05, 0.1) is 12.1 Å². The van der Waals surface area contributed by atoms with Crippen LogP contribution < -0.4 is 10.5 Å². The van der Waals surface area contributed by atoms with E-state index in [0.29, 0.717) is 22.4 Å². The Balaban J connectivity index is 2.56. The number of hydrogen-bond acceptors (Lipinski definition) is 4. The molecule has 1 heterocycles. The number of anilines is 1. The summed E-state index contributed by atoms with van der Waals surface area (Å²) in [6.07, 6.45) is 0. The second kappa shape index (κ2) is 4.59.